The lowest BCUT2D eigenvalue weighted by Crippen LogP contribution is -2.45. The van der Waals surface area contributed by atoms with E-state index in [9.17, 15) is 14.0 Å². The van der Waals surface area contributed by atoms with Crippen molar-refractivity contribution in [2.45, 2.75) is 26.3 Å². The number of halogens is 1. The summed E-state index contributed by atoms with van der Waals surface area (Å²) >= 11 is 1.43. The molecule has 2 heterocycles. The van der Waals surface area contributed by atoms with Crippen LogP contribution < -0.4 is 10.6 Å². The van der Waals surface area contributed by atoms with E-state index < -0.39 is 17.8 Å². The molecule has 0 aliphatic heterocycles. The Morgan fingerprint density at radius 1 is 1.29 bits per heavy atom. The van der Waals surface area contributed by atoms with Gasteiger partial charge in [-0.1, -0.05) is 19.1 Å². The number of nitrogens with zero attached hydrogens (tertiary/aromatic N) is 3. The topological polar surface area (TPSA) is 88.9 Å². The van der Waals surface area contributed by atoms with Gasteiger partial charge in [0.25, 0.3) is 5.91 Å². The molecule has 0 fully saturated rings. The highest BCUT2D eigenvalue weighted by Gasteiger charge is 2.22. The van der Waals surface area contributed by atoms with Gasteiger partial charge in [0.15, 0.2) is 5.82 Å². The van der Waals surface area contributed by atoms with Crippen molar-refractivity contribution in [3.8, 4) is 16.4 Å². The van der Waals surface area contributed by atoms with Gasteiger partial charge in [-0.25, -0.2) is 14.1 Å². The Kier molecular flexibility index (Phi) is 6.15. The first-order valence-electron chi connectivity index (χ1n) is 8.85. The van der Waals surface area contributed by atoms with Gasteiger partial charge in [0.05, 0.1) is 10.6 Å². The number of amides is 2. The maximum Gasteiger partial charge on any atom is 0.291 e. The summed E-state index contributed by atoms with van der Waals surface area (Å²) in [5, 5.41) is 11.4. The summed E-state index contributed by atoms with van der Waals surface area (Å²) in [4.78, 5) is 29.7. The molecule has 1 aromatic carbocycles. The Balaban J connectivity index is 1.89. The molecule has 0 bridgehead atoms. The summed E-state index contributed by atoms with van der Waals surface area (Å²) in [5.41, 5.74) is 0.448. The van der Waals surface area contributed by atoms with Crippen molar-refractivity contribution in [2.75, 3.05) is 6.54 Å². The van der Waals surface area contributed by atoms with Crippen molar-refractivity contribution < 1.29 is 14.0 Å². The highest BCUT2D eigenvalue weighted by atomic mass is 32.1. The largest absolute Gasteiger partial charge is 0.354 e. The third kappa shape index (κ3) is 4.42. The van der Waals surface area contributed by atoms with Gasteiger partial charge in [-0.2, -0.15) is 0 Å². The summed E-state index contributed by atoms with van der Waals surface area (Å²) in [5.74, 6) is -0.945. The first kappa shape index (κ1) is 19.7. The van der Waals surface area contributed by atoms with E-state index in [-0.39, 0.29) is 11.7 Å². The van der Waals surface area contributed by atoms with Crippen LogP contribution in [0.5, 0.6) is 0 Å². The van der Waals surface area contributed by atoms with Crippen LogP contribution in [0.15, 0.2) is 41.8 Å². The number of benzene rings is 1. The minimum atomic E-state index is -0.731. The molecule has 7 nitrogen and oxygen atoms in total. The molecule has 0 aliphatic carbocycles. The van der Waals surface area contributed by atoms with Crippen LogP contribution in [0.4, 0.5) is 4.39 Å². The zero-order valence-electron chi connectivity index (χ0n) is 15.5. The first-order chi connectivity index (χ1) is 13.5. The van der Waals surface area contributed by atoms with E-state index in [4.69, 9.17) is 0 Å². The fourth-order valence-electron chi connectivity index (χ4n) is 2.49. The van der Waals surface area contributed by atoms with E-state index in [0.717, 1.165) is 11.3 Å². The summed E-state index contributed by atoms with van der Waals surface area (Å²) in [6.07, 6.45) is 0.802. The van der Waals surface area contributed by atoms with Crippen LogP contribution in [-0.4, -0.2) is 39.2 Å². The van der Waals surface area contributed by atoms with Crippen molar-refractivity contribution in [1.29, 1.82) is 0 Å². The average molecular weight is 401 g/mol. The first-order valence-corrected chi connectivity index (χ1v) is 9.73. The fourth-order valence-corrected chi connectivity index (χ4v) is 3.19. The lowest BCUT2D eigenvalue weighted by molar-refractivity contribution is -0.122. The molecule has 0 aliphatic rings. The molecule has 0 radical (unpaired) electrons. The number of hydrogen-bond acceptors (Lipinski definition) is 5. The lowest BCUT2D eigenvalue weighted by atomic mass is 10.3. The second-order valence-corrected chi connectivity index (χ2v) is 7.06. The average Bonchev–Trinajstić information content (AvgIpc) is 3.35. The van der Waals surface area contributed by atoms with E-state index in [1.54, 1.807) is 19.1 Å². The van der Waals surface area contributed by atoms with Crippen molar-refractivity contribution in [2.24, 2.45) is 0 Å². The molecular weight excluding hydrogens is 381 g/mol. The van der Waals surface area contributed by atoms with E-state index in [1.165, 1.54) is 28.2 Å². The number of carbonyl (C=O) groups excluding carboxylic acids is 2. The standard InChI is InChI=1S/C19H20FN5O2S/c1-3-9-21-18(26)12(2)22-19(27)16-23-17(15-8-5-10-28-15)25(24-16)14-7-4-6-13(20)11-14/h4-8,10-12H,3,9H2,1-2H3,(H,21,26)(H,22,27). The molecule has 0 saturated carbocycles. The third-order valence-electron chi connectivity index (χ3n) is 3.89. The van der Waals surface area contributed by atoms with Crippen LogP contribution in [0, 0.1) is 5.82 Å². The van der Waals surface area contributed by atoms with Gasteiger partial charge in [0, 0.05) is 6.54 Å². The Hall–Kier alpha value is -3.07. The monoisotopic (exact) mass is 401 g/mol. The fraction of sp³-hybridized carbons (Fsp3) is 0.263. The van der Waals surface area contributed by atoms with Gasteiger partial charge in [-0.3, -0.25) is 9.59 Å². The van der Waals surface area contributed by atoms with E-state index in [0.29, 0.717) is 18.1 Å². The Bertz CT molecular complexity index is 971. The lowest BCUT2D eigenvalue weighted by Gasteiger charge is -2.12. The molecular formula is C19H20FN5O2S. The van der Waals surface area contributed by atoms with Gasteiger partial charge in [0.2, 0.25) is 11.7 Å². The molecule has 1 unspecified atom stereocenters. The Morgan fingerprint density at radius 2 is 2.11 bits per heavy atom. The number of rotatable bonds is 7. The molecule has 0 spiro atoms. The van der Waals surface area contributed by atoms with Crippen LogP contribution in [0.3, 0.4) is 0 Å². The van der Waals surface area contributed by atoms with Crippen LogP contribution >= 0.6 is 11.3 Å². The molecule has 3 aromatic rings. The molecule has 2 N–H and O–H groups in total. The highest BCUT2D eigenvalue weighted by Crippen LogP contribution is 2.25. The maximum absolute atomic E-state index is 13.7. The SMILES string of the molecule is CCCNC(=O)C(C)NC(=O)c1nc(-c2cccs2)n(-c2cccc(F)c2)n1. The van der Waals surface area contributed by atoms with Gasteiger partial charge in [-0.05, 0) is 43.0 Å². The molecule has 0 saturated heterocycles. The Labute approximate surface area is 165 Å². The number of aromatic nitrogens is 3. The molecule has 146 valence electrons. The molecule has 2 aromatic heterocycles. The van der Waals surface area contributed by atoms with Gasteiger partial charge in [0.1, 0.15) is 11.9 Å². The minimum Gasteiger partial charge on any atom is -0.354 e. The summed E-state index contributed by atoms with van der Waals surface area (Å²) in [7, 11) is 0. The molecule has 9 heteroatoms. The zero-order valence-corrected chi connectivity index (χ0v) is 16.3. The predicted octanol–water partition coefficient (Wildman–Crippen LogP) is 2.78. The number of thiophene rings is 1. The van der Waals surface area contributed by atoms with Gasteiger partial charge >= 0.3 is 0 Å². The minimum absolute atomic E-state index is 0.0946. The predicted molar refractivity (Wildman–Crippen MR) is 105 cm³/mol. The normalized spacial score (nSPS) is 11.8. The molecule has 2 amide bonds. The summed E-state index contributed by atoms with van der Waals surface area (Å²) in [6.45, 7) is 4.07. The summed E-state index contributed by atoms with van der Waals surface area (Å²) in [6, 6.07) is 8.84. The van der Waals surface area contributed by atoms with Gasteiger partial charge in [-0.15, -0.1) is 16.4 Å². The van der Waals surface area contributed by atoms with Crippen molar-refractivity contribution in [3.05, 3.63) is 53.4 Å². The number of carbonyl (C=O) groups is 2. The smallest absolute Gasteiger partial charge is 0.291 e. The quantitative estimate of drug-likeness (QED) is 0.637. The molecule has 28 heavy (non-hydrogen) atoms. The van der Waals surface area contributed by atoms with Crippen LogP contribution in [-0.2, 0) is 4.79 Å². The Morgan fingerprint density at radius 3 is 2.79 bits per heavy atom. The van der Waals surface area contributed by atoms with Crippen LogP contribution in [0.1, 0.15) is 30.9 Å². The highest BCUT2D eigenvalue weighted by molar-refractivity contribution is 7.13. The number of hydrogen-bond donors (Lipinski definition) is 2. The van der Waals surface area contributed by atoms with Crippen LogP contribution in [0.2, 0.25) is 0 Å². The molecule has 1 atom stereocenters. The van der Waals surface area contributed by atoms with E-state index in [2.05, 4.69) is 20.7 Å². The second kappa shape index (κ2) is 8.75. The third-order valence-corrected chi connectivity index (χ3v) is 4.76. The maximum atomic E-state index is 13.7. The zero-order chi connectivity index (χ0) is 20.1. The molecule has 3 rings (SSSR count). The summed E-state index contributed by atoms with van der Waals surface area (Å²) < 4.78 is 15.1. The van der Waals surface area contributed by atoms with Gasteiger partial charge < -0.3 is 10.6 Å². The van der Waals surface area contributed by atoms with Crippen molar-refractivity contribution in [3.63, 3.8) is 0 Å². The van der Waals surface area contributed by atoms with Crippen molar-refractivity contribution >= 4 is 23.2 Å². The number of nitrogens with one attached hydrogen (secondary N) is 2. The van der Waals surface area contributed by atoms with Crippen LogP contribution in [0.25, 0.3) is 16.4 Å². The van der Waals surface area contributed by atoms with E-state index >= 15 is 0 Å². The van der Waals surface area contributed by atoms with E-state index in [1.807, 2.05) is 24.4 Å². The van der Waals surface area contributed by atoms with Crippen molar-refractivity contribution in [1.82, 2.24) is 25.4 Å². The second-order valence-electron chi connectivity index (χ2n) is 6.11.